The molecule has 0 aliphatic carbocycles. The van der Waals surface area contributed by atoms with Crippen molar-refractivity contribution in [3.63, 3.8) is 0 Å². The number of hydrogen-bond acceptors (Lipinski definition) is 4. The van der Waals surface area contributed by atoms with Crippen LogP contribution in [0.1, 0.15) is 16.1 Å². The molecule has 3 N–H and O–H groups in total. The van der Waals surface area contributed by atoms with Crippen LogP contribution in [-0.2, 0) is 12.7 Å². The molecule has 1 amide bonds. The van der Waals surface area contributed by atoms with Crippen LogP contribution in [-0.4, -0.2) is 28.3 Å². The van der Waals surface area contributed by atoms with Gasteiger partial charge in [0.2, 0.25) is 0 Å². The zero-order chi connectivity index (χ0) is 21.2. The molecule has 9 heteroatoms. The van der Waals surface area contributed by atoms with Crippen LogP contribution in [0.15, 0.2) is 59.4 Å². The summed E-state index contributed by atoms with van der Waals surface area (Å²) in [6.07, 6.45) is -6.29. The number of carbonyl (C=O) groups excluding carboxylic acids is 1. The molecular weight excluding hydrogens is 389 g/mol. The van der Waals surface area contributed by atoms with Gasteiger partial charge in [-0.25, -0.2) is 0 Å². The molecule has 1 heterocycles. The van der Waals surface area contributed by atoms with Gasteiger partial charge in [-0.2, -0.15) is 13.2 Å². The maximum absolute atomic E-state index is 13.2. The van der Waals surface area contributed by atoms with Gasteiger partial charge in [-0.05, 0) is 35.0 Å². The van der Waals surface area contributed by atoms with E-state index in [1.165, 1.54) is 0 Å². The summed E-state index contributed by atoms with van der Waals surface area (Å²) in [6.45, 7) is -1.08. The van der Waals surface area contributed by atoms with Crippen molar-refractivity contribution in [1.29, 1.82) is 0 Å². The van der Waals surface area contributed by atoms with Crippen molar-refractivity contribution < 1.29 is 27.8 Å². The van der Waals surface area contributed by atoms with E-state index in [1.54, 1.807) is 18.2 Å². The second kappa shape index (κ2) is 7.96. The molecule has 1 atom stereocenters. The highest BCUT2D eigenvalue weighted by molar-refractivity contribution is 5.92. The van der Waals surface area contributed by atoms with Gasteiger partial charge >= 0.3 is 6.18 Å². The van der Waals surface area contributed by atoms with E-state index in [9.17, 15) is 27.9 Å². The Hall–Kier alpha value is -3.33. The second-order valence-corrected chi connectivity index (χ2v) is 6.38. The molecule has 3 rings (SSSR count). The van der Waals surface area contributed by atoms with Crippen LogP contribution in [0.2, 0.25) is 0 Å². The first-order valence-electron chi connectivity index (χ1n) is 8.57. The standard InChI is InChI=1S/C20H17F3N2O4/c21-20(22,23)17-8-7-16(18(24)27)19(28)25(17)10-14(26)11-29-15-6-5-12-3-1-2-4-13(12)9-15/h1-9,14,26H,10-11H2,(H2,24,27). The van der Waals surface area contributed by atoms with Gasteiger partial charge in [0.05, 0.1) is 6.54 Å². The van der Waals surface area contributed by atoms with E-state index < -0.39 is 41.5 Å². The highest BCUT2D eigenvalue weighted by Gasteiger charge is 2.35. The van der Waals surface area contributed by atoms with E-state index in [1.807, 2.05) is 24.3 Å². The third kappa shape index (κ3) is 4.57. The third-order valence-electron chi connectivity index (χ3n) is 4.29. The Labute approximate surface area is 162 Å². The fraction of sp³-hybridized carbons (Fsp3) is 0.200. The van der Waals surface area contributed by atoms with Crippen molar-refractivity contribution in [3.8, 4) is 5.75 Å². The first-order valence-corrected chi connectivity index (χ1v) is 8.57. The Morgan fingerprint density at radius 2 is 1.79 bits per heavy atom. The van der Waals surface area contributed by atoms with Crippen molar-refractivity contribution in [2.45, 2.75) is 18.8 Å². The Kier molecular flexibility index (Phi) is 5.60. The number of fused-ring (bicyclic) bond motifs is 1. The SMILES string of the molecule is NC(=O)c1ccc(C(F)(F)F)n(CC(O)COc2ccc3ccccc3c2)c1=O. The summed E-state index contributed by atoms with van der Waals surface area (Å²) in [4.78, 5) is 23.5. The number of pyridine rings is 1. The molecule has 2 aromatic carbocycles. The molecule has 6 nitrogen and oxygen atoms in total. The van der Waals surface area contributed by atoms with Crippen LogP contribution in [0.5, 0.6) is 5.75 Å². The van der Waals surface area contributed by atoms with Crippen molar-refractivity contribution >= 4 is 16.7 Å². The van der Waals surface area contributed by atoms with Crippen LogP contribution < -0.4 is 16.0 Å². The Bertz CT molecular complexity index is 1110. The highest BCUT2D eigenvalue weighted by atomic mass is 19.4. The van der Waals surface area contributed by atoms with E-state index in [-0.39, 0.29) is 11.2 Å². The fourth-order valence-electron chi connectivity index (χ4n) is 2.91. The van der Waals surface area contributed by atoms with E-state index >= 15 is 0 Å². The maximum atomic E-state index is 13.2. The molecule has 0 spiro atoms. The number of alkyl halides is 3. The summed E-state index contributed by atoms with van der Waals surface area (Å²) in [7, 11) is 0. The Morgan fingerprint density at radius 3 is 2.45 bits per heavy atom. The number of nitrogens with zero attached hydrogens (tertiary/aromatic N) is 1. The molecule has 0 saturated heterocycles. The van der Waals surface area contributed by atoms with Gasteiger partial charge in [0, 0.05) is 0 Å². The number of hydrogen-bond donors (Lipinski definition) is 2. The number of nitrogens with two attached hydrogens (primary N) is 1. The summed E-state index contributed by atoms with van der Waals surface area (Å²) in [5.41, 5.74) is 1.92. The zero-order valence-electron chi connectivity index (χ0n) is 15.0. The predicted molar refractivity (Wildman–Crippen MR) is 99.7 cm³/mol. The Morgan fingerprint density at radius 1 is 1.10 bits per heavy atom. The third-order valence-corrected chi connectivity index (χ3v) is 4.29. The molecule has 152 valence electrons. The number of amides is 1. The van der Waals surface area contributed by atoms with Gasteiger partial charge in [-0.1, -0.05) is 30.3 Å². The summed E-state index contributed by atoms with van der Waals surface area (Å²) in [6, 6.07) is 14.0. The van der Waals surface area contributed by atoms with Crippen molar-refractivity contribution in [2.75, 3.05) is 6.61 Å². The van der Waals surface area contributed by atoms with E-state index in [0.29, 0.717) is 11.8 Å². The number of aliphatic hydroxyl groups is 1. The number of halogens is 3. The fourth-order valence-corrected chi connectivity index (χ4v) is 2.91. The molecule has 0 bridgehead atoms. The smallest absolute Gasteiger partial charge is 0.431 e. The number of primary amides is 1. The average Bonchev–Trinajstić information content (AvgIpc) is 2.66. The molecule has 3 aromatic rings. The first kappa shape index (κ1) is 20.4. The minimum Gasteiger partial charge on any atom is -0.491 e. The summed E-state index contributed by atoms with van der Waals surface area (Å²) in [5.74, 6) is -0.739. The van der Waals surface area contributed by atoms with E-state index in [2.05, 4.69) is 0 Å². The number of aromatic nitrogens is 1. The molecule has 0 saturated carbocycles. The minimum absolute atomic E-state index is 0.286. The van der Waals surface area contributed by atoms with Crippen LogP contribution in [0.4, 0.5) is 13.2 Å². The van der Waals surface area contributed by atoms with Gasteiger partial charge in [0.15, 0.2) is 0 Å². The number of rotatable bonds is 6. The van der Waals surface area contributed by atoms with Crippen LogP contribution in [0.25, 0.3) is 10.8 Å². The lowest BCUT2D eigenvalue weighted by molar-refractivity contribution is -0.144. The Balaban J connectivity index is 1.80. The van der Waals surface area contributed by atoms with Crippen LogP contribution in [0.3, 0.4) is 0 Å². The topological polar surface area (TPSA) is 94.6 Å². The summed E-state index contributed by atoms with van der Waals surface area (Å²) in [5, 5.41) is 12.0. The van der Waals surface area contributed by atoms with Crippen LogP contribution in [0, 0.1) is 0 Å². The van der Waals surface area contributed by atoms with Gasteiger partial charge in [0.1, 0.15) is 29.7 Å². The summed E-state index contributed by atoms with van der Waals surface area (Å²) >= 11 is 0. The molecule has 0 aliphatic heterocycles. The van der Waals surface area contributed by atoms with Gasteiger partial charge < -0.3 is 20.1 Å². The average molecular weight is 406 g/mol. The molecule has 1 aromatic heterocycles. The number of carbonyl (C=O) groups is 1. The predicted octanol–water partition coefficient (Wildman–Crippen LogP) is 2.56. The monoisotopic (exact) mass is 406 g/mol. The molecule has 1 unspecified atom stereocenters. The maximum Gasteiger partial charge on any atom is 0.431 e. The first-order chi connectivity index (χ1) is 13.7. The van der Waals surface area contributed by atoms with Gasteiger partial charge in [-0.3, -0.25) is 9.59 Å². The summed E-state index contributed by atoms with van der Waals surface area (Å²) < 4.78 is 45.4. The number of aliphatic hydroxyl groups excluding tert-OH is 1. The molecule has 0 radical (unpaired) electrons. The second-order valence-electron chi connectivity index (χ2n) is 6.38. The quantitative estimate of drug-likeness (QED) is 0.658. The minimum atomic E-state index is -4.85. The van der Waals surface area contributed by atoms with Crippen LogP contribution >= 0.6 is 0 Å². The lowest BCUT2D eigenvalue weighted by Gasteiger charge is -2.19. The molecular formula is C20H17F3N2O4. The van der Waals surface area contributed by atoms with Crippen molar-refractivity contribution in [1.82, 2.24) is 4.57 Å². The zero-order valence-corrected chi connectivity index (χ0v) is 15.0. The molecule has 0 aliphatic rings. The highest BCUT2D eigenvalue weighted by Crippen LogP contribution is 2.28. The molecule has 29 heavy (non-hydrogen) atoms. The van der Waals surface area contributed by atoms with E-state index in [4.69, 9.17) is 10.5 Å². The van der Waals surface area contributed by atoms with Gasteiger partial charge in [0.25, 0.3) is 11.5 Å². The number of benzene rings is 2. The molecule has 0 fully saturated rings. The van der Waals surface area contributed by atoms with E-state index in [0.717, 1.165) is 16.8 Å². The lowest BCUT2D eigenvalue weighted by atomic mass is 10.1. The lowest BCUT2D eigenvalue weighted by Crippen LogP contribution is -2.37. The normalized spacial score (nSPS) is 12.7. The van der Waals surface area contributed by atoms with Gasteiger partial charge in [-0.15, -0.1) is 0 Å². The van der Waals surface area contributed by atoms with Crippen molar-refractivity contribution in [2.24, 2.45) is 5.73 Å². The largest absolute Gasteiger partial charge is 0.491 e. The van der Waals surface area contributed by atoms with Crippen molar-refractivity contribution in [3.05, 3.63) is 76.2 Å². The number of ether oxygens (including phenoxy) is 1.